The number of nitrogens with zero attached hydrogens (tertiary/aromatic N) is 1. The van der Waals surface area contributed by atoms with Gasteiger partial charge in [-0.1, -0.05) is 48.5 Å². The molecule has 3 aromatic rings. The fraction of sp³-hybridized carbons (Fsp3) is 0.320. The number of anilines is 1. The van der Waals surface area contributed by atoms with Crippen molar-refractivity contribution in [1.82, 2.24) is 0 Å². The number of hydrogen-bond donors (Lipinski definition) is 1. The summed E-state index contributed by atoms with van der Waals surface area (Å²) in [5.41, 5.74) is -0.162. The Hall–Kier alpha value is -3.25. The molecule has 1 amide bonds. The molecule has 6 heteroatoms. The van der Waals surface area contributed by atoms with Crippen LogP contribution in [0.1, 0.15) is 20.8 Å². The predicted octanol–water partition coefficient (Wildman–Crippen LogP) is 5.03. The van der Waals surface area contributed by atoms with Gasteiger partial charge >= 0.3 is 6.09 Å². The van der Waals surface area contributed by atoms with Crippen LogP contribution in [0, 0.1) is 0 Å². The molecular weight excluding hydrogens is 394 g/mol. The van der Waals surface area contributed by atoms with E-state index in [4.69, 9.17) is 14.2 Å². The molecule has 0 radical (unpaired) electrons. The van der Waals surface area contributed by atoms with Gasteiger partial charge in [-0.2, -0.15) is 0 Å². The van der Waals surface area contributed by atoms with Gasteiger partial charge in [-0.15, -0.1) is 0 Å². The van der Waals surface area contributed by atoms with Gasteiger partial charge in [-0.3, -0.25) is 4.90 Å². The molecule has 31 heavy (non-hydrogen) atoms. The molecule has 0 bridgehead atoms. The van der Waals surface area contributed by atoms with Gasteiger partial charge in [-0.25, -0.2) is 4.79 Å². The Morgan fingerprint density at radius 3 is 2.35 bits per heavy atom. The van der Waals surface area contributed by atoms with Crippen LogP contribution in [0.5, 0.6) is 11.5 Å². The monoisotopic (exact) mass is 423 g/mol. The molecule has 6 nitrogen and oxygen atoms in total. The highest BCUT2D eigenvalue weighted by molar-refractivity contribution is 5.90. The van der Waals surface area contributed by atoms with Gasteiger partial charge in [-0.05, 0) is 44.4 Å². The SMILES string of the molecule is COc1ccccc1N(CC(O)COc1cccc2ccccc12)C(=O)OC(C)(C)C. The molecule has 164 valence electrons. The first-order valence-corrected chi connectivity index (χ1v) is 10.2. The van der Waals surface area contributed by atoms with Crippen molar-refractivity contribution in [1.29, 1.82) is 0 Å². The third-order valence-corrected chi connectivity index (χ3v) is 4.56. The van der Waals surface area contributed by atoms with Crippen molar-refractivity contribution >= 4 is 22.6 Å². The average Bonchev–Trinajstić information content (AvgIpc) is 2.74. The number of carbonyl (C=O) groups is 1. The third-order valence-electron chi connectivity index (χ3n) is 4.56. The van der Waals surface area contributed by atoms with E-state index in [1.165, 1.54) is 12.0 Å². The smallest absolute Gasteiger partial charge is 0.415 e. The minimum absolute atomic E-state index is 0.0138. The maximum atomic E-state index is 12.9. The number of amides is 1. The lowest BCUT2D eigenvalue weighted by Crippen LogP contribution is -2.43. The van der Waals surface area contributed by atoms with Gasteiger partial charge in [0, 0.05) is 5.39 Å². The quantitative estimate of drug-likeness (QED) is 0.577. The number of carbonyl (C=O) groups excluding carboxylic acids is 1. The molecule has 0 aliphatic heterocycles. The Labute approximate surface area is 183 Å². The number of hydrogen-bond acceptors (Lipinski definition) is 5. The van der Waals surface area contributed by atoms with Crippen LogP contribution in [0.2, 0.25) is 0 Å². The van der Waals surface area contributed by atoms with Crippen LogP contribution in [-0.4, -0.2) is 43.2 Å². The van der Waals surface area contributed by atoms with E-state index in [0.717, 1.165) is 10.8 Å². The Kier molecular flexibility index (Phi) is 7.02. The summed E-state index contributed by atoms with van der Waals surface area (Å²) in [6.07, 6.45) is -1.52. The molecule has 0 aromatic heterocycles. The third kappa shape index (κ3) is 5.89. The van der Waals surface area contributed by atoms with Crippen LogP contribution < -0.4 is 14.4 Å². The van der Waals surface area contributed by atoms with E-state index in [2.05, 4.69) is 0 Å². The van der Waals surface area contributed by atoms with E-state index >= 15 is 0 Å². The lowest BCUT2D eigenvalue weighted by Gasteiger charge is -2.29. The number of fused-ring (bicyclic) bond motifs is 1. The largest absolute Gasteiger partial charge is 0.495 e. The van der Waals surface area contributed by atoms with Crippen LogP contribution in [0.25, 0.3) is 10.8 Å². The van der Waals surface area contributed by atoms with Crippen molar-refractivity contribution in [2.75, 3.05) is 25.2 Å². The zero-order valence-electron chi connectivity index (χ0n) is 18.4. The van der Waals surface area contributed by atoms with E-state index < -0.39 is 17.8 Å². The first-order chi connectivity index (χ1) is 14.8. The molecule has 0 saturated heterocycles. The lowest BCUT2D eigenvalue weighted by atomic mass is 10.1. The van der Waals surface area contributed by atoms with Crippen LogP contribution >= 0.6 is 0 Å². The normalized spacial score (nSPS) is 12.3. The molecule has 1 unspecified atom stereocenters. The van der Waals surface area contributed by atoms with Crippen LogP contribution in [-0.2, 0) is 4.74 Å². The predicted molar refractivity (Wildman–Crippen MR) is 122 cm³/mol. The van der Waals surface area contributed by atoms with Crippen LogP contribution in [0.4, 0.5) is 10.5 Å². The highest BCUT2D eigenvalue weighted by Crippen LogP contribution is 2.30. The molecule has 0 aliphatic rings. The summed E-state index contributed by atoms with van der Waals surface area (Å²) in [7, 11) is 1.53. The average molecular weight is 424 g/mol. The number of para-hydroxylation sites is 2. The molecule has 0 heterocycles. The molecule has 3 rings (SSSR count). The first-order valence-electron chi connectivity index (χ1n) is 10.2. The van der Waals surface area contributed by atoms with Crippen LogP contribution in [0.3, 0.4) is 0 Å². The second-order valence-electron chi connectivity index (χ2n) is 8.20. The van der Waals surface area contributed by atoms with Crippen molar-refractivity contribution < 1.29 is 24.1 Å². The number of rotatable bonds is 7. The Balaban J connectivity index is 1.77. The minimum Gasteiger partial charge on any atom is -0.495 e. The van der Waals surface area contributed by atoms with Gasteiger partial charge in [0.1, 0.15) is 29.8 Å². The van der Waals surface area contributed by atoms with Gasteiger partial charge in [0.2, 0.25) is 0 Å². The number of ether oxygens (including phenoxy) is 3. The summed E-state index contributed by atoms with van der Waals surface area (Å²) < 4.78 is 16.9. The van der Waals surface area contributed by atoms with Gasteiger partial charge in [0.25, 0.3) is 0 Å². The summed E-state index contributed by atoms with van der Waals surface area (Å²) >= 11 is 0. The van der Waals surface area contributed by atoms with Gasteiger partial charge < -0.3 is 19.3 Å². The van der Waals surface area contributed by atoms with E-state index in [9.17, 15) is 9.90 Å². The van der Waals surface area contributed by atoms with Crippen molar-refractivity contribution in [3.63, 3.8) is 0 Å². The second kappa shape index (κ2) is 9.71. The van der Waals surface area contributed by atoms with Gasteiger partial charge in [0.05, 0.1) is 19.3 Å². The highest BCUT2D eigenvalue weighted by Gasteiger charge is 2.27. The summed E-state index contributed by atoms with van der Waals surface area (Å²) in [6.45, 7) is 5.39. The molecule has 0 fully saturated rings. The Morgan fingerprint density at radius 1 is 0.968 bits per heavy atom. The summed E-state index contributed by atoms with van der Waals surface area (Å²) in [5, 5.41) is 12.7. The molecule has 1 atom stereocenters. The number of methoxy groups -OCH3 is 1. The molecule has 3 aromatic carbocycles. The van der Waals surface area contributed by atoms with Crippen LogP contribution in [0.15, 0.2) is 66.7 Å². The Bertz CT molecular complexity index is 1020. The fourth-order valence-electron chi connectivity index (χ4n) is 3.21. The second-order valence-corrected chi connectivity index (χ2v) is 8.20. The van der Waals surface area contributed by atoms with E-state index in [1.807, 2.05) is 48.5 Å². The number of aliphatic hydroxyl groups excluding tert-OH is 1. The highest BCUT2D eigenvalue weighted by atomic mass is 16.6. The molecule has 0 spiro atoms. The maximum absolute atomic E-state index is 12.9. The topological polar surface area (TPSA) is 68.2 Å². The van der Waals surface area contributed by atoms with Crippen molar-refractivity contribution in [2.45, 2.75) is 32.5 Å². The summed E-state index contributed by atoms with van der Waals surface area (Å²) in [6, 6.07) is 20.8. The summed E-state index contributed by atoms with van der Waals surface area (Å²) in [5.74, 6) is 1.19. The number of benzene rings is 3. The van der Waals surface area contributed by atoms with Crippen molar-refractivity contribution in [2.24, 2.45) is 0 Å². The van der Waals surface area contributed by atoms with E-state index in [0.29, 0.717) is 17.2 Å². The summed E-state index contributed by atoms with van der Waals surface area (Å²) in [4.78, 5) is 14.3. The van der Waals surface area contributed by atoms with E-state index in [-0.39, 0.29) is 13.2 Å². The maximum Gasteiger partial charge on any atom is 0.415 e. The molecule has 1 N–H and O–H groups in total. The Morgan fingerprint density at radius 2 is 1.61 bits per heavy atom. The fourth-order valence-corrected chi connectivity index (χ4v) is 3.21. The zero-order chi connectivity index (χ0) is 22.4. The van der Waals surface area contributed by atoms with Crippen molar-refractivity contribution in [3.8, 4) is 11.5 Å². The molecule has 0 aliphatic carbocycles. The van der Waals surface area contributed by atoms with E-state index in [1.54, 1.807) is 39.0 Å². The molecule has 0 saturated carbocycles. The van der Waals surface area contributed by atoms with Gasteiger partial charge in [0.15, 0.2) is 0 Å². The molecular formula is C25H29NO5. The number of aliphatic hydroxyl groups is 1. The zero-order valence-corrected chi connectivity index (χ0v) is 18.4. The lowest BCUT2D eigenvalue weighted by molar-refractivity contribution is 0.0533. The minimum atomic E-state index is -0.948. The first kappa shape index (κ1) is 22.4. The van der Waals surface area contributed by atoms with Crippen molar-refractivity contribution in [3.05, 3.63) is 66.7 Å². The standard InChI is InChI=1S/C25H29NO5/c1-25(2,3)31-24(28)26(21-13-7-8-14-23(21)29-4)16-19(27)17-30-22-15-9-11-18-10-5-6-12-20(18)22/h5-15,19,27H,16-17H2,1-4H3.